The quantitative estimate of drug-likeness (QED) is 0.117. The second-order valence-electron chi connectivity index (χ2n) is 15.7. The van der Waals surface area contributed by atoms with Gasteiger partial charge in [0.2, 0.25) is 0 Å². The molecule has 1 aromatic heterocycles. The fourth-order valence-electron chi connectivity index (χ4n) is 9.43. The van der Waals surface area contributed by atoms with Crippen LogP contribution in [0.15, 0.2) is 205 Å². The van der Waals surface area contributed by atoms with Crippen molar-refractivity contribution < 1.29 is 0 Å². The van der Waals surface area contributed by atoms with Crippen LogP contribution in [0.5, 0.6) is 0 Å². The first-order valence-electron chi connectivity index (χ1n) is 20.0. The van der Waals surface area contributed by atoms with Crippen molar-refractivity contribution in [1.82, 2.24) is 0 Å². The normalized spacial score (nSPS) is 18.4. The van der Waals surface area contributed by atoms with Gasteiger partial charge in [0.1, 0.15) is 3.72 Å². The summed E-state index contributed by atoms with van der Waals surface area (Å²) in [5.74, 6) is 0.420. The monoisotopic (exact) mass is 869 g/mol. The Balaban J connectivity index is 0.994. The van der Waals surface area contributed by atoms with Crippen LogP contribution in [0, 0.1) is 5.92 Å². The van der Waals surface area contributed by atoms with Crippen molar-refractivity contribution in [2.45, 2.75) is 11.8 Å². The van der Waals surface area contributed by atoms with Crippen molar-refractivity contribution in [2.75, 3.05) is 0 Å². The molecule has 9 aromatic rings. The van der Waals surface area contributed by atoms with Crippen molar-refractivity contribution >= 4 is 87.8 Å². The molecule has 2 atom stereocenters. The number of halogens is 1. The second kappa shape index (κ2) is 13.5. The molecule has 2 aliphatic carbocycles. The topological polar surface area (TPSA) is 12.4 Å². The molecule has 274 valence electrons. The molecule has 0 radical (unpaired) electrons. The third-order valence-corrected chi connectivity index (χ3v) is 16.9. The third kappa shape index (κ3) is 5.55. The Morgan fingerprint density at radius 1 is 0.534 bits per heavy atom. The SMILES string of the molecule is C1=C(c2cccc(-c3cc4ccccc4c4ccccc34)c2)C=C(c2ccccc2)C2CC12c1cccc(C2=Nc3c(sc4ccccc34)C(c3ccccc3)=I2)c1. The Bertz CT molecular complexity index is 3260. The highest BCUT2D eigenvalue weighted by atomic mass is 127. The number of nitrogens with zero attached hydrogens (tertiary/aromatic N) is 1. The molecule has 1 aliphatic heterocycles. The van der Waals surface area contributed by atoms with Gasteiger partial charge in [-0.25, -0.2) is 4.99 Å². The maximum absolute atomic E-state index is 5.53. The minimum absolute atomic E-state index is 0.0866. The zero-order chi connectivity index (χ0) is 38.2. The Morgan fingerprint density at radius 2 is 1.19 bits per heavy atom. The van der Waals surface area contributed by atoms with Gasteiger partial charge in [-0.05, 0) is 103 Å². The molecule has 1 nitrogen and oxygen atoms in total. The number of rotatable bonds is 6. The minimum Gasteiger partial charge on any atom is -0.240 e. The molecular weight excluding hydrogens is 834 g/mol. The van der Waals surface area contributed by atoms with Crippen molar-refractivity contribution in [2.24, 2.45) is 10.9 Å². The van der Waals surface area contributed by atoms with Crippen LogP contribution in [0.3, 0.4) is 0 Å². The average molecular weight is 870 g/mol. The van der Waals surface area contributed by atoms with E-state index < -0.39 is 20.7 Å². The summed E-state index contributed by atoms with van der Waals surface area (Å²) >= 11 is 1.37. The van der Waals surface area contributed by atoms with E-state index in [4.69, 9.17) is 4.99 Å². The second-order valence-corrected chi connectivity index (χ2v) is 19.4. The Morgan fingerprint density at radius 3 is 2.03 bits per heavy atom. The van der Waals surface area contributed by atoms with Gasteiger partial charge in [0.25, 0.3) is 0 Å². The average Bonchev–Trinajstić information content (AvgIpc) is 3.94. The molecule has 12 rings (SSSR count). The summed E-state index contributed by atoms with van der Waals surface area (Å²) in [4.78, 5) is 6.88. The van der Waals surface area contributed by atoms with E-state index in [1.807, 2.05) is 11.3 Å². The summed E-state index contributed by atoms with van der Waals surface area (Å²) in [6.07, 6.45) is 6.18. The van der Waals surface area contributed by atoms with E-state index in [0.29, 0.717) is 5.92 Å². The van der Waals surface area contributed by atoms with Crippen LogP contribution in [-0.2, 0) is 5.41 Å². The molecule has 8 aromatic carbocycles. The van der Waals surface area contributed by atoms with Crippen LogP contribution >= 0.6 is 32.1 Å². The summed E-state index contributed by atoms with van der Waals surface area (Å²) in [6, 6.07) is 69.5. The van der Waals surface area contributed by atoms with Gasteiger partial charge in [0.05, 0.1) is 10.6 Å². The summed E-state index contributed by atoms with van der Waals surface area (Å²) in [7, 11) is 0. The lowest BCUT2D eigenvalue weighted by atomic mass is 9.80. The molecule has 2 heterocycles. The lowest BCUT2D eigenvalue weighted by Crippen LogP contribution is -2.13. The zero-order valence-corrected chi connectivity index (χ0v) is 34.5. The Labute approximate surface area is 352 Å². The van der Waals surface area contributed by atoms with E-state index in [1.54, 1.807) is 0 Å². The third-order valence-electron chi connectivity index (χ3n) is 12.3. The van der Waals surface area contributed by atoms with Crippen LogP contribution in [0.2, 0.25) is 0 Å². The molecule has 3 aliphatic rings. The molecule has 58 heavy (non-hydrogen) atoms. The molecule has 2 unspecified atom stereocenters. The van der Waals surface area contributed by atoms with E-state index in [-0.39, 0.29) is 5.41 Å². The molecule has 3 heteroatoms. The smallest absolute Gasteiger partial charge is 0.104 e. The number of thiophene rings is 1. The van der Waals surface area contributed by atoms with E-state index in [2.05, 4.69) is 200 Å². The molecule has 0 amide bonds. The summed E-state index contributed by atoms with van der Waals surface area (Å²) in [6.45, 7) is 0. The molecule has 0 bridgehead atoms. The fraction of sp³-hybridized carbons (Fsp3) is 0.0545. The van der Waals surface area contributed by atoms with E-state index >= 15 is 0 Å². The van der Waals surface area contributed by atoms with Crippen LogP contribution in [0.4, 0.5) is 5.69 Å². The molecule has 0 spiro atoms. The minimum atomic E-state index is -0.528. The number of hydrogen-bond donors (Lipinski definition) is 0. The first kappa shape index (κ1) is 34.1. The first-order chi connectivity index (χ1) is 28.7. The highest BCUT2D eigenvalue weighted by Gasteiger charge is 2.57. The molecule has 0 N–H and O–H groups in total. The van der Waals surface area contributed by atoms with Gasteiger partial charge < -0.3 is 0 Å². The first-order valence-corrected chi connectivity index (χ1v) is 23.0. The Hall–Kier alpha value is -6.01. The standard InChI is InChI=1S/C55H36INS/c1-3-15-35(16-4-1)48-32-41(37-20-13-21-38(29-37)47-31-39-19-7-8-24-43(39)44-25-9-10-26-45(44)47)33-55(34-49(48)55)42-23-14-22-40(30-42)54-56-51(36-17-5-2-6-18-36)53-52(57-54)46-27-11-12-28-50(46)58-53/h1-33,49H,34H2. The lowest BCUT2D eigenvalue weighted by Gasteiger charge is -2.24. The zero-order valence-electron chi connectivity index (χ0n) is 31.6. The van der Waals surface area contributed by atoms with Crippen molar-refractivity contribution in [1.29, 1.82) is 0 Å². The molecule has 1 fully saturated rings. The number of allylic oxidation sites excluding steroid dienone is 4. The van der Waals surface area contributed by atoms with E-state index in [9.17, 15) is 0 Å². The summed E-state index contributed by atoms with van der Waals surface area (Å²) in [5.41, 5.74) is 12.8. The van der Waals surface area contributed by atoms with E-state index in [0.717, 1.165) is 12.1 Å². The molecule has 0 saturated heterocycles. The van der Waals surface area contributed by atoms with Gasteiger partial charge in [-0.1, -0.05) is 197 Å². The van der Waals surface area contributed by atoms with Crippen molar-refractivity contribution in [3.63, 3.8) is 0 Å². The van der Waals surface area contributed by atoms with Crippen LogP contribution in [0.1, 0.15) is 39.1 Å². The van der Waals surface area contributed by atoms with E-state index in [1.165, 1.54) is 93.8 Å². The van der Waals surface area contributed by atoms with Gasteiger partial charge in [0, 0.05) is 24.6 Å². The summed E-state index contributed by atoms with van der Waals surface area (Å²) < 4.78 is 4.03. The Kier molecular flexibility index (Phi) is 7.96. The number of hydrogen-bond acceptors (Lipinski definition) is 2. The molecular formula is C55H36INS. The van der Waals surface area contributed by atoms with Crippen LogP contribution in [-0.4, -0.2) is 7.23 Å². The van der Waals surface area contributed by atoms with Gasteiger partial charge in [0.15, 0.2) is 0 Å². The van der Waals surface area contributed by atoms with Crippen molar-refractivity contribution in [3.05, 3.63) is 233 Å². The van der Waals surface area contributed by atoms with Crippen LogP contribution < -0.4 is 0 Å². The van der Waals surface area contributed by atoms with Gasteiger partial charge in [-0.3, -0.25) is 0 Å². The number of fused-ring (bicyclic) bond motifs is 7. The lowest BCUT2D eigenvalue weighted by molar-refractivity contribution is 0.831. The predicted molar refractivity (Wildman–Crippen MR) is 257 cm³/mol. The highest BCUT2D eigenvalue weighted by Crippen LogP contribution is 2.64. The van der Waals surface area contributed by atoms with Gasteiger partial charge >= 0.3 is 0 Å². The number of aliphatic imine (C=N–C) groups is 1. The van der Waals surface area contributed by atoms with Crippen molar-refractivity contribution in [3.8, 4) is 11.1 Å². The predicted octanol–water partition coefficient (Wildman–Crippen LogP) is 14.9. The maximum Gasteiger partial charge on any atom is 0.104 e. The van der Waals surface area contributed by atoms with Crippen LogP contribution in [0.25, 0.3) is 53.9 Å². The van der Waals surface area contributed by atoms with Gasteiger partial charge in [-0.15, -0.1) is 11.3 Å². The fourth-order valence-corrected chi connectivity index (χ4v) is 13.8. The van der Waals surface area contributed by atoms with Gasteiger partial charge in [-0.2, -0.15) is 0 Å². The summed E-state index contributed by atoms with van der Waals surface area (Å²) in [5, 5.41) is 6.41. The maximum atomic E-state index is 5.53. The number of benzene rings is 8. The highest BCUT2D eigenvalue weighted by molar-refractivity contribution is 14.2. The molecule has 1 saturated carbocycles. The largest absolute Gasteiger partial charge is 0.240 e.